The van der Waals surface area contributed by atoms with Crippen LogP contribution in [-0.2, 0) is 25.1 Å². The maximum atomic E-state index is 12.9. The molecular formula is C20H18F3N5OS. The molecule has 156 valence electrons. The maximum absolute atomic E-state index is 12.9. The molecule has 1 aromatic carbocycles. The fraction of sp³-hybridized carbons (Fsp3) is 0.250. The number of nitrogens with zero attached hydrogens (tertiary/aromatic N) is 5. The van der Waals surface area contributed by atoms with Gasteiger partial charge in [-0.05, 0) is 37.3 Å². The van der Waals surface area contributed by atoms with E-state index in [-0.39, 0.29) is 12.4 Å². The van der Waals surface area contributed by atoms with Crippen LogP contribution in [0, 0.1) is 0 Å². The third-order valence-corrected chi connectivity index (χ3v) is 5.40. The summed E-state index contributed by atoms with van der Waals surface area (Å²) in [5.41, 5.74) is 1.04. The number of aromatic nitrogens is 5. The van der Waals surface area contributed by atoms with Gasteiger partial charge in [0.2, 0.25) is 0 Å². The minimum atomic E-state index is -4.41. The van der Waals surface area contributed by atoms with Crippen LogP contribution >= 0.6 is 11.8 Å². The van der Waals surface area contributed by atoms with Gasteiger partial charge in [0.1, 0.15) is 18.0 Å². The first-order chi connectivity index (χ1) is 14.4. The van der Waals surface area contributed by atoms with Crippen LogP contribution in [0.3, 0.4) is 0 Å². The van der Waals surface area contributed by atoms with Gasteiger partial charge in [0.25, 0.3) is 0 Å². The first-order valence-electron chi connectivity index (χ1n) is 9.21. The van der Waals surface area contributed by atoms with Gasteiger partial charge in [0.15, 0.2) is 11.0 Å². The monoisotopic (exact) mass is 433 g/mol. The van der Waals surface area contributed by atoms with Crippen molar-refractivity contribution in [1.82, 2.24) is 24.1 Å². The van der Waals surface area contributed by atoms with E-state index in [1.165, 1.54) is 23.9 Å². The van der Waals surface area contributed by atoms with Gasteiger partial charge in [0, 0.05) is 24.7 Å². The van der Waals surface area contributed by atoms with Crippen LogP contribution in [0.1, 0.15) is 24.0 Å². The lowest BCUT2D eigenvalue weighted by molar-refractivity contribution is -0.137. The molecule has 10 heteroatoms. The number of pyridine rings is 1. The average Bonchev–Trinajstić information content (AvgIpc) is 3.33. The molecular weight excluding hydrogens is 415 g/mol. The van der Waals surface area contributed by atoms with E-state index in [0.717, 1.165) is 23.5 Å². The Bertz CT molecular complexity index is 1120. The molecule has 0 saturated heterocycles. The lowest BCUT2D eigenvalue weighted by atomic mass is 10.2. The molecule has 0 aliphatic rings. The van der Waals surface area contributed by atoms with E-state index in [9.17, 15) is 13.2 Å². The molecule has 0 radical (unpaired) electrons. The maximum Gasteiger partial charge on any atom is 0.416 e. The molecule has 3 heterocycles. The van der Waals surface area contributed by atoms with Crippen molar-refractivity contribution in [2.75, 3.05) is 0 Å². The molecule has 0 N–H and O–H groups in total. The summed E-state index contributed by atoms with van der Waals surface area (Å²) in [7, 11) is 0. The molecule has 0 unspecified atom stereocenters. The Kier molecular flexibility index (Phi) is 5.67. The number of hydrogen-bond donors (Lipinski definition) is 0. The van der Waals surface area contributed by atoms with Gasteiger partial charge >= 0.3 is 6.18 Å². The van der Waals surface area contributed by atoms with Crippen LogP contribution in [-0.4, -0.2) is 24.1 Å². The van der Waals surface area contributed by atoms with Gasteiger partial charge in [-0.3, -0.25) is 0 Å². The predicted molar refractivity (Wildman–Crippen MR) is 106 cm³/mol. The lowest BCUT2D eigenvalue weighted by Crippen LogP contribution is -2.08. The normalized spacial score (nSPS) is 11.9. The van der Waals surface area contributed by atoms with Gasteiger partial charge in [-0.25, -0.2) is 4.98 Å². The SMILES string of the molecule is CCn1c(COc2cccc(C(F)(F)F)c2)nnc1SCc1cn2ccccc2n1. The topological polar surface area (TPSA) is 57.2 Å². The zero-order chi connectivity index (χ0) is 21.1. The third-order valence-electron chi connectivity index (χ3n) is 4.40. The Morgan fingerprint density at radius 1 is 1.10 bits per heavy atom. The Morgan fingerprint density at radius 2 is 1.97 bits per heavy atom. The van der Waals surface area contributed by atoms with Gasteiger partial charge < -0.3 is 13.7 Å². The van der Waals surface area contributed by atoms with E-state index in [1.54, 1.807) is 0 Å². The highest BCUT2D eigenvalue weighted by Gasteiger charge is 2.30. The number of fused-ring (bicyclic) bond motifs is 1. The Morgan fingerprint density at radius 3 is 2.73 bits per heavy atom. The molecule has 0 atom stereocenters. The molecule has 0 aliphatic heterocycles. The summed E-state index contributed by atoms with van der Waals surface area (Å²) >= 11 is 1.50. The van der Waals surface area contributed by atoms with Crippen molar-refractivity contribution in [3.63, 3.8) is 0 Å². The van der Waals surface area contributed by atoms with Crippen molar-refractivity contribution in [2.45, 2.75) is 37.2 Å². The van der Waals surface area contributed by atoms with Crippen molar-refractivity contribution >= 4 is 17.4 Å². The van der Waals surface area contributed by atoms with Crippen molar-refractivity contribution < 1.29 is 17.9 Å². The second-order valence-electron chi connectivity index (χ2n) is 6.44. The third kappa shape index (κ3) is 4.43. The first kappa shape index (κ1) is 20.3. The number of hydrogen-bond acceptors (Lipinski definition) is 5. The predicted octanol–water partition coefficient (Wildman–Crippen LogP) is 4.84. The Hall–Kier alpha value is -3.01. The number of alkyl halides is 3. The van der Waals surface area contributed by atoms with Crippen LogP contribution < -0.4 is 4.74 Å². The van der Waals surface area contributed by atoms with Gasteiger partial charge in [-0.1, -0.05) is 23.9 Å². The molecule has 0 saturated carbocycles. The Balaban J connectivity index is 1.43. The van der Waals surface area contributed by atoms with Crippen LogP contribution in [0.15, 0.2) is 60.0 Å². The smallest absolute Gasteiger partial charge is 0.416 e. The quantitative estimate of drug-likeness (QED) is 0.391. The van der Waals surface area contributed by atoms with Gasteiger partial charge in [-0.2, -0.15) is 13.2 Å². The summed E-state index contributed by atoms with van der Waals surface area (Å²) in [6, 6.07) is 10.6. The molecule has 0 amide bonds. The first-order valence-corrected chi connectivity index (χ1v) is 10.2. The van der Waals surface area contributed by atoms with Crippen molar-refractivity contribution in [1.29, 1.82) is 0 Å². The summed E-state index contributed by atoms with van der Waals surface area (Å²) in [5, 5.41) is 9.06. The number of halogens is 3. The molecule has 0 aliphatic carbocycles. The van der Waals surface area contributed by atoms with E-state index >= 15 is 0 Å². The van der Waals surface area contributed by atoms with E-state index in [0.29, 0.717) is 23.3 Å². The lowest BCUT2D eigenvalue weighted by Gasteiger charge is -2.11. The molecule has 0 spiro atoms. The highest BCUT2D eigenvalue weighted by molar-refractivity contribution is 7.98. The zero-order valence-electron chi connectivity index (χ0n) is 16.0. The zero-order valence-corrected chi connectivity index (χ0v) is 16.8. The minimum Gasteiger partial charge on any atom is -0.486 e. The molecule has 4 rings (SSSR count). The summed E-state index contributed by atoms with van der Waals surface area (Å²) in [6.07, 6.45) is -0.508. The number of rotatable bonds is 7. The fourth-order valence-electron chi connectivity index (χ4n) is 2.96. The molecule has 4 aromatic rings. The number of benzene rings is 1. The minimum absolute atomic E-state index is 0.0249. The van der Waals surface area contributed by atoms with Crippen LogP contribution in [0.5, 0.6) is 5.75 Å². The van der Waals surface area contributed by atoms with Crippen LogP contribution in [0.25, 0.3) is 5.65 Å². The van der Waals surface area contributed by atoms with E-state index in [2.05, 4.69) is 15.2 Å². The second-order valence-corrected chi connectivity index (χ2v) is 7.39. The molecule has 0 bridgehead atoms. The van der Waals surface area contributed by atoms with E-state index in [1.807, 2.05) is 46.5 Å². The molecule has 6 nitrogen and oxygen atoms in total. The van der Waals surface area contributed by atoms with Gasteiger partial charge in [-0.15, -0.1) is 10.2 Å². The Labute approximate surface area is 174 Å². The van der Waals surface area contributed by atoms with Gasteiger partial charge in [0.05, 0.1) is 11.3 Å². The van der Waals surface area contributed by atoms with E-state index < -0.39 is 11.7 Å². The molecule has 30 heavy (non-hydrogen) atoms. The highest BCUT2D eigenvalue weighted by Crippen LogP contribution is 2.31. The molecule has 3 aromatic heterocycles. The summed E-state index contributed by atoms with van der Waals surface area (Å²) in [5.74, 6) is 1.30. The number of ether oxygens (including phenoxy) is 1. The molecule has 0 fully saturated rings. The van der Waals surface area contributed by atoms with Crippen molar-refractivity contribution in [2.24, 2.45) is 0 Å². The fourth-order valence-corrected chi connectivity index (χ4v) is 3.86. The van der Waals surface area contributed by atoms with Crippen LogP contribution in [0.2, 0.25) is 0 Å². The van der Waals surface area contributed by atoms with Crippen LogP contribution in [0.4, 0.5) is 13.2 Å². The largest absolute Gasteiger partial charge is 0.486 e. The summed E-state index contributed by atoms with van der Waals surface area (Å²) in [4.78, 5) is 4.56. The highest BCUT2D eigenvalue weighted by atomic mass is 32.2. The van der Waals surface area contributed by atoms with Crippen molar-refractivity contribution in [3.8, 4) is 5.75 Å². The van der Waals surface area contributed by atoms with Crippen molar-refractivity contribution in [3.05, 3.63) is 71.9 Å². The standard InChI is InChI=1S/C20H18F3N5OS/c1-2-28-18(12-29-16-7-5-6-14(10-16)20(21,22)23)25-26-19(28)30-13-15-11-27-9-4-3-8-17(27)24-15/h3-11H,2,12-13H2,1H3. The number of thioether (sulfide) groups is 1. The average molecular weight is 433 g/mol. The summed E-state index contributed by atoms with van der Waals surface area (Å²) < 4.78 is 47.9. The second kappa shape index (κ2) is 8.39. The summed E-state index contributed by atoms with van der Waals surface area (Å²) in [6.45, 7) is 2.59. The van der Waals surface area contributed by atoms with E-state index in [4.69, 9.17) is 4.74 Å². The number of imidazole rings is 1.